The van der Waals surface area contributed by atoms with Gasteiger partial charge < -0.3 is 9.73 Å². The fraction of sp³-hybridized carbons (Fsp3) is 0.100. The highest BCUT2D eigenvalue weighted by Crippen LogP contribution is 2.42. The third kappa shape index (κ3) is 4.83. The van der Waals surface area contributed by atoms with Crippen molar-refractivity contribution in [3.63, 3.8) is 0 Å². The van der Waals surface area contributed by atoms with Gasteiger partial charge in [-0.2, -0.15) is 10.2 Å². The predicted octanol–water partition coefficient (Wildman–Crippen LogP) is 6.33. The minimum Gasteiger partial charge on any atom is -0.455 e. The maximum Gasteiger partial charge on any atom is 0.255 e. The third-order valence-corrected chi connectivity index (χ3v) is 9.20. The average Bonchev–Trinajstić information content (AvgIpc) is 3.57. The van der Waals surface area contributed by atoms with E-state index in [9.17, 15) is 17.6 Å². The number of rotatable bonds is 6. The molecule has 0 radical (unpaired) electrons. The maximum absolute atomic E-state index is 13.7. The molecule has 0 fully saturated rings. The number of anilines is 1. The second-order valence-electron chi connectivity index (χ2n) is 9.47. The third-order valence-electron chi connectivity index (χ3n) is 6.84. The van der Waals surface area contributed by atoms with Crippen LogP contribution >= 0.6 is 11.3 Å². The SMILES string of the molecule is CNC(=O)c1c(-c2ccc(F)cc2)oc2cc(N(C)S(C)(=O)=O)c(-c3cc(-c4cc5ccccc5s4)cnn3)cc12. The Morgan fingerprint density at radius 3 is 2.49 bits per heavy atom. The van der Waals surface area contributed by atoms with Crippen molar-refractivity contribution in [1.82, 2.24) is 15.5 Å². The number of nitrogens with one attached hydrogen (secondary N) is 1. The van der Waals surface area contributed by atoms with Crippen LogP contribution in [0.2, 0.25) is 0 Å². The van der Waals surface area contributed by atoms with Crippen molar-refractivity contribution in [2.45, 2.75) is 0 Å². The van der Waals surface area contributed by atoms with Gasteiger partial charge in [-0.3, -0.25) is 9.10 Å². The van der Waals surface area contributed by atoms with Crippen molar-refractivity contribution in [1.29, 1.82) is 0 Å². The minimum atomic E-state index is -3.69. The Hall–Kier alpha value is -4.61. The standard InChI is InChI=1S/C30H23FN4O4S2/c1-32-30(36)28-22-14-21(23-12-19(16-33-34-23)27-13-18-6-4-5-7-26(18)40-27)24(35(2)41(3,37)38)15-25(22)39-29(28)17-8-10-20(31)11-9-17/h4-16H,1-3H3,(H,32,36). The minimum absolute atomic E-state index is 0.231. The van der Waals surface area contributed by atoms with Crippen molar-refractivity contribution < 1.29 is 22.0 Å². The Bertz CT molecular complexity index is 2040. The second kappa shape index (κ2) is 10.1. The lowest BCUT2D eigenvalue weighted by atomic mass is 10.0. The van der Waals surface area contributed by atoms with Crippen LogP contribution in [0, 0.1) is 5.82 Å². The lowest BCUT2D eigenvalue weighted by Crippen LogP contribution is -2.25. The summed E-state index contributed by atoms with van der Waals surface area (Å²) in [6.07, 6.45) is 2.76. The van der Waals surface area contributed by atoms with E-state index in [1.54, 1.807) is 29.7 Å². The summed E-state index contributed by atoms with van der Waals surface area (Å²) in [6, 6.07) is 20.8. The second-order valence-corrected chi connectivity index (χ2v) is 12.6. The Balaban J connectivity index is 1.61. The molecule has 11 heteroatoms. The average molecular weight is 587 g/mol. The molecule has 0 saturated carbocycles. The molecule has 1 amide bonds. The molecule has 0 unspecified atom stereocenters. The van der Waals surface area contributed by atoms with Crippen molar-refractivity contribution >= 4 is 54.0 Å². The molecule has 3 aromatic heterocycles. The van der Waals surface area contributed by atoms with Crippen LogP contribution in [0.1, 0.15) is 10.4 Å². The fourth-order valence-corrected chi connectivity index (χ4v) is 6.24. The van der Waals surface area contributed by atoms with Gasteiger partial charge >= 0.3 is 0 Å². The van der Waals surface area contributed by atoms with E-state index in [-0.39, 0.29) is 16.9 Å². The Morgan fingerprint density at radius 1 is 1.02 bits per heavy atom. The first-order valence-corrected chi connectivity index (χ1v) is 15.1. The number of aromatic nitrogens is 2. The number of hydrogen-bond donors (Lipinski definition) is 1. The molecular weight excluding hydrogens is 563 g/mol. The fourth-order valence-electron chi connectivity index (χ4n) is 4.69. The van der Waals surface area contributed by atoms with Crippen LogP contribution in [-0.4, -0.2) is 44.9 Å². The van der Waals surface area contributed by atoms with E-state index in [1.807, 2.05) is 30.3 Å². The molecule has 6 rings (SSSR count). The van der Waals surface area contributed by atoms with Crippen LogP contribution in [0.25, 0.3) is 54.1 Å². The number of nitrogens with zero attached hydrogens (tertiary/aromatic N) is 3. The Labute approximate surface area is 239 Å². The highest BCUT2D eigenvalue weighted by atomic mass is 32.2. The molecule has 0 spiro atoms. The number of carbonyl (C=O) groups excluding carboxylic acids is 1. The number of thiophene rings is 1. The number of carbonyl (C=O) groups is 1. The van der Waals surface area contributed by atoms with Crippen molar-refractivity contribution in [2.24, 2.45) is 0 Å². The van der Waals surface area contributed by atoms with Crippen LogP contribution in [0.3, 0.4) is 0 Å². The summed E-state index contributed by atoms with van der Waals surface area (Å²) < 4.78 is 47.4. The summed E-state index contributed by atoms with van der Waals surface area (Å²) in [7, 11) is -0.752. The molecule has 0 atom stereocenters. The van der Waals surface area contributed by atoms with Gasteiger partial charge in [-0.1, -0.05) is 18.2 Å². The van der Waals surface area contributed by atoms with Crippen molar-refractivity contribution in [3.8, 4) is 33.0 Å². The van der Waals surface area contributed by atoms with Gasteiger partial charge in [-0.05, 0) is 53.9 Å². The topological polar surface area (TPSA) is 105 Å². The largest absolute Gasteiger partial charge is 0.455 e. The van der Waals surface area contributed by atoms with Gasteiger partial charge in [0.05, 0.1) is 29.4 Å². The number of halogens is 1. The van der Waals surface area contributed by atoms with E-state index in [0.717, 1.165) is 31.1 Å². The molecule has 0 saturated heterocycles. The molecule has 6 aromatic rings. The molecule has 1 N–H and O–H groups in total. The van der Waals surface area contributed by atoms with Gasteiger partial charge in [0.25, 0.3) is 5.91 Å². The lowest BCUT2D eigenvalue weighted by molar-refractivity contribution is 0.0964. The highest BCUT2D eigenvalue weighted by Gasteiger charge is 2.26. The normalized spacial score (nSPS) is 11.7. The number of fused-ring (bicyclic) bond motifs is 2. The Kier molecular flexibility index (Phi) is 6.55. The lowest BCUT2D eigenvalue weighted by Gasteiger charge is -2.20. The van der Waals surface area contributed by atoms with Crippen LogP contribution in [0.5, 0.6) is 0 Å². The summed E-state index contributed by atoms with van der Waals surface area (Å²) in [5.41, 5.74) is 2.98. The van der Waals surface area contributed by atoms with Gasteiger partial charge in [0.2, 0.25) is 10.0 Å². The zero-order valence-corrected chi connectivity index (χ0v) is 23.8. The quantitative estimate of drug-likeness (QED) is 0.244. The highest BCUT2D eigenvalue weighted by molar-refractivity contribution is 7.92. The first-order chi connectivity index (χ1) is 19.6. The number of amides is 1. The molecule has 0 aliphatic heterocycles. The number of benzene rings is 3. The number of sulfonamides is 1. The first kappa shape index (κ1) is 26.6. The van der Waals surface area contributed by atoms with Crippen LogP contribution < -0.4 is 9.62 Å². The summed E-state index contributed by atoms with van der Waals surface area (Å²) in [5, 5.41) is 12.8. The summed E-state index contributed by atoms with van der Waals surface area (Å²) in [6.45, 7) is 0. The van der Waals surface area contributed by atoms with E-state index in [4.69, 9.17) is 4.42 Å². The van der Waals surface area contributed by atoms with Crippen molar-refractivity contribution in [3.05, 3.63) is 90.4 Å². The molecule has 0 aliphatic rings. The molecule has 206 valence electrons. The van der Waals surface area contributed by atoms with Crippen LogP contribution in [0.4, 0.5) is 10.1 Å². The first-order valence-electron chi connectivity index (χ1n) is 12.5. The van der Waals surface area contributed by atoms with E-state index in [1.165, 1.54) is 38.4 Å². The smallest absolute Gasteiger partial charge is 0.255 e. The molecular formula is C30H23FN4O4S2. The molecule has 8 nitrogen and oxygen atoms in total. The maximum atomic E-state index is 13.7. The van der Waals surface area contributed by atoms with Crippen LogP contribution in [0.15, 0.2) is 83.4 Å². The van der Waals surface area contributed by atoms with Gasteiger partial charge in [-0.15, -0.1) is 11.3 Å². The molecule has 0 bridgehead atoms. The summed E-state index contributed by atoms with van der Waals surface area (Å²) in [4.78, 5) is 14.1. The molecule has 3 aromatic carbocycles. The van der Waals surface area contributed by atoms with Gasteiger partial charge in [0.1, 0.15) is 17.2 Å². The zero-order valence-electron chi connectivity index (χ0n) is 22.2. The van der Waals surface area contributed by atoms with Crippen LogP contribution in [-0.2, 0) is 10.0 Å². The zero-order chi connectivity index (χ0) is 28.9. The number of furan rings is 1. The van der Waals surface area contributed by atoms with Gasteiger partial charge in [0.15, 0.2) is 0 Å². The predicted molar refractivity (Wildman–Crippen MR) is 160 cm³/mol. The monoisotopic (exact) mass is 586 g/mol. The Morgan fingerprint density at radius 2 is 1.78 bits per heavy atom. The van der Waals surface area contributed by atoms with E-state index in [0.29, 0.717) is 27.9 Å². The molecule has 41 heavy (non-hydrogen) atoms. The van der Waals surface area contributed by atoms with E-state index in [2.05, 4.69) is 21.6 Å². The molecule has 0 aliphatic carbocycles. The van der Waals surface area contributed by atoms with E-state index >= 15 is 0 Å². The summed E-state index contributed by atoms with van der Waals surface area (Å²) >= 11 is 1.61. The van der Waals surface area contributed by atoms with E-state index < -0.39 is 21.7 Å². The molecule has 3 heterocycles. The van der Waals surface area contributed by atoms with Gasteiger partial charge in [0, 0.05) is 51.8 Å². The summed E-state index contributed by atoms with van der Waals surface area (Å²) in [5.74, 6) is -0.610. The number of hydrogen-bond acceptors (Lipinski definition) is 7. The van der Waals surface area contributed by atoms with Gasteiger partial charge in [-0.25, -0.2) is 12.8 Å². The van der Waals surface area contributed by atoms with Crippen molar-refractivity contribution in [2.75, 3.05) is 24.7 Å².